The highest BCUT2D eigenvalue weighted by Gasteiger charge is 2.30. The van der Waals surface area contributed by atoms with Gasteiger partial charge in [-0.05, 0) is 25.0 Å². The first-order valence-electron chi connectivity index (χ1n) is 7.68. The maximum absolute atomic E-state index is 6.19. The van der Waals surface area contributed by atoms with E-state index in [2.05, 4.69) is 42.8 Å². The Hall–Kier alpha value is -0.750. The van der Waals surface area contributed by atoms with Crippen LogP contribution in [0.1, 0.15) is 52.4 Å². The fraction of sp³-hybridized carbons (Fsp3) is 0.625. The molecular formula is C16H26NOP. The van der Waals surface area contributed by atoms with Gasteiger partial charge in [-0.3, -0.25) is 0 Å². The van der Waals surface area contributed by atoms with Crippen molar-refractivity contribution in [2.75, 3.05) is 17.4 Å². The second-order valence-corrected chi connectivity index (χ2v) is 6.99. The van der Waals surface area contributed by atoms with Crippen molar-refractivity contribution in [2.45, 2.75) is 52.4 Å². The van der Waals surface area contributed by atoms with E-state index in [-0.39, 0.29) is 0 Å². The van der Waals surface area contributed by atoms with Crippen molar-refractivity contribution in [3.63, 3.8) is 0 Å². The molecule has 3 heteroatoms. The molecule has 0 saturated heterocycles. The molecule has 0 radical (unpaired) electrons. The summed E-state index contributed by atoms with van der Waals surface area (Å²) in [6, 6.07) is 8.53. The summed E-state index contributed by atoms with van der Waals surface area (Å²) in [5.74, 6) is 1.10. The molecule has 1 atom stereocenters. The molecule has 1 unspecified atom stereocenters. The highest BCUT2D eigenvalue weighted by atomic mass is 31.2. The van der Waals surface area contributed by atoms with Gasteiger partial charge in [-0.25, -0.2) is 0 Å². The zero-order valence-corrected chi connectivity index (χ0v) is 13.2. The smallest absolute Gasteiger partial charge is 0.192 e. The summed E-state index contributed by atoms with van der Waals surface area (Å²) < 4.78 is 8.73. The fourth-order valence-electron chi connectivity index (χ4n) is 2.44. The van der Waals surface area contributed by atoms with Crippen LogP contribution in [0.3, 0.4) is 0 Å². The normalized spacial score (nSPS) is 17.4. The first-order valence-corrected chi connectivity index (χ1v) is 9.08. The Bertz CT molecular complexity index is 383. The number of hydrogen-bond donors (Lipinski definition) is 0. The maximum Gasteiger partial charge on any atom is 0.192 e. The van der Waals surface area contributed by atoms with Crippen LogP contribution in [0.25, 0.3) is 0 Å². The van der Waals surface area contributed by atoms with Crippen LogP contribution in [0.15, 0.2) is 24.3 Å². The molecule has 1 aliphatic rings. The summed E-state index contributed by atoms with van der Waals surface area (Å²) in [5, 5.41) is 0. The van der Waals surface area contributed by atoms with Crippen LogP contribution in [0.2, 0.25) is 0 Å². The zero-order valence-electron chi connectivity index (χ0n) is 12.3. The average molecular weight is 279 g/mol. The largest absolute Gasteiger partial charge is 0.451 e. The molecule has 2 rings (SSSR count). The van der Waals surface area contributed by atoms with Gasteiger partial charge in [0.05, 0.1) is 5.69 Å². The molecule has 0 bridgehead atoms. The van der Waals surface area contributed by atoms with Crippen molar-refractivity contribution >= 4 is 14.0 Å². The number of nitrogens with zero attached hydrogens (tertiary/aromatic N) is 1. The van der Waals surface area contributed by atoms with Crippen molar-refractivity contribution in [3.8, 4) is 5.75 Å². The van der Waals surface area contributed by atoms with Gasteiger partial charge in [-0.2, -0.15) is 0 Å². The molecular weight excluding hydrogens is 253 g/mol. The Kier molecular flexibility index (Phi) is 5.97. The van der Waals surface area contributed by atoms with Crippen molar-refractivity contribution in [1.82, 2.24) is 0 Å². The number of benzene rings is 1. The predicted octanol–water partition coefficient (Wildman–Crippen LogP) is 5.58. The van der Waals surface area contributed by atoms with E-state index in [0.717, 1.165) is 12.3 Å². The van der Waals surface area contributed by atoms with Crippen LogP contribution in [0.5, 0.6) is 5.75 Å². The van der Waals surface area contributed by atoms with Crippen LogP contribution >= 0.6 is 8.30 Å². The van der Waals surface area contributed by atoms with Gasteiger partial charge in [0.15, 0.2) is 8.30 Å². The summed E-state index contributed by atoms with van der Waals surface area (Å²) in [6.07, 6.45) is 8.99. The second kappa shape index (κ2) is 7.75. The van der Waals surface area contributed by atoms with E-state index in [1.165, 1.54) is 50.4 Å². The molecule has 1 heterocycles. The van der Waals surface area contributed by atoms with E-state index in [1.54, 1.807) is 0 Å². The standard InChI is InChI=1S/C16H26NOP/c1-3-5-9-13-17-15-11-7-8-12-16(15)18-19(17)14-10-6-4-2/h7-8,11-12H,3-6,9-10,13-14H2,1-2H3. The van der Waals surface area contributed by atoms with Gasteiger partial charge in [-0.15, -0.1) is 0 Å². The first kappa shape index (κ1) is 14.7. The van der Waals surface area contributed by atoms with Crippen molar-refractivity contribution < 1.29 is 4.52 Å². The number of fused-ring (bicyclic) bond motifs is 1. The molecule has 0 fully saturated rings. The second-order valence-electron chi connectivity index (χ2n) is 5.17. The molecule has 0 saturated carbocycles. The molecule has 1 aliphatic heterocycles. The summed E-state index contributed by atoms with van der Waals surface area (Å²) in [7, 11) is -0.430. The van der Waals surface area contributed by atoms with Crippen LogP contribution in [-0.2, 0) is 0 Å². The number of hydrogen-bond acceptors (Lipinski definition) is 2. The van der Waals surface area contributed by atoms with Gasteiger partial charge in [-0.1, -0.05) is 51.7 Å². The van der Waals surface area contributed by atoms with Crippen molar-refractivity contribution in [2.24, 2.45) is 0 Å². The molecule has 2 nitrogen and oxygen atoms in total. The summed E-state index contributed by atoms with van der Waals surface area (Å²) in [4.78, 5) is 0. The number of rotatable bonds is 8. The lowest BCUT2D eigenvalue weighted by Crippen LogP contribution is -2.17. The van der Waals surface area contributed by atoms with Gasteiger partial charge in [0, 0.05) is 12.7 Å². The summed E-state index contributed by atoms with van der Waals surface area (Å²) in [5.41, 5.74) is 1.32. The minimum Gasteiger partial charge on any atom is -0.451 e. The fourth-order valence-corrected chi connectivity index (χ4v) is 4.51. The molecule has 0 aliphatic carbocycles. The van der Waals surface area contributed by atoms with E-state index >= 15 is 0 Å². The minimum absolute atomic E-state index is 0.430. The van der Waals surface area contributed by atoms with E-state index in [0.29, 0.717) is 0 Å². The molecule has 1 aromatic carbocycles. The third-order valence-corrected chi connectivity index (χ3v) is 5.60. The number of anilines is 1. The van der Waals surface area contributed by atoms with Crippen LogP contribution < -0.4 is 9.19 Å². The zero-order chi connectivity index (χ0) is 13.5. The molecule has 0 spiro atoms. The minimum atomic E-state index is -0.430. The average Bonchev–Trinajstić information content (AvgIpc) is 2.78. The first-order chi connectivity index (χ1) is 9.36. The number of unbranched alkanes of at least 4 members (excludes halogenated alkanes) is 4. The van der Waals surface area contributed by atoms with Gasteiger partial charge < -0.3 is 9.19 Å². The highest BCUT2D eigenvalue weighted by molar-refractivity contribution is 7.55. The maximum atomic E-state index is 6.19. The van der Waals surface area contributed by atoms with Gasteiger partial charge >= 0.3 is 0 Å². The SMILES string of the molecule is CCCCCN1c2ccccc2OP1CCCCC. The third kappa shape index (κ3) is 3.86. The van der Waals surface area contributed by atoms with Crippen LogP contribution in [0.4, 0.5) is 5.69 Å². The van der Waals surface area contributed by atoms with Crippen LogP contribution in [-0.4, -0.2) is 12.7 Å². The Labute approximate surface area is 119 Å². The monoisotopic (exact) mass is 279 g/mol. The Morgan fingerprint density at radius 2 is 1.74 bits per heavy atom. The highest BCUT2D eigenvalue weighted by Crippen LogP contribution is 2.56. The number of para-hydroxylation sites is 2. The van der Waals surface area contributed by atoms with E-state index in [1.807, 2.05) is 0 Å². The Morgan fingerprint density at radius 1 is 1.00 bits per heavy atom. The molecule has 106 valence electrons. The van der Waals surface area contributed by atoms with E-state index in [9.17, 15) is 0 Å². The molecule has 1 aromatic rings. The Morgan fingerprint density at radius 3 is 2.53 bits per heavy atom. The topological polar surface area (TPSA) is 12.5 Å². The molecule has 0 N–H and O–H groups in total. The lowest BCUT2D eigenvalue weighted by Gasteiger charge is -2.24. The summed E-state index contributed by atoms with van der Waals surface area (Å²) in [6.45, 7) is 5.68. The predicted molar refractivity (Wildman–Crippen MR) is 85.3 cm³/mol. The van der Waals surface area contributed by atoms with Gasteiger partial charge in [0.1, 0.15) is 5.75 Å². The van der Waals surface area contributed by atoms with Crippen molar-refractivity contribution in [3.05, 3.63) is 24.3 Å². The lowest BCUT2D eigenvalue weighted by molar-refractivity contribution is 0.623. The van der Waals surface area contributed by atoms with Gasteiger partial charge in [0.25, 0.3) is 0 Å². The van der Waals surface area contributed by atoms with E-state index < -0.39 is 8.30 Å². The van der Waals surface area contributed by atoms with Gasteiger partial charge in [0.2, 0.25) is 0 Å². The Balaban J connectivity index is 1.98. The quantitative estimate of drug-likeness (QED) is 0.455. The van der Waals surface area contributed by atoms with Crippen molar-refractivity contribution in [1.29, 1.82) is 0 Å². The lowest BCUT2D eigenvalue weighted by atomic mass is 10.2. The molecule has 19 heavy (non-hydrogen) atoms. The molecule has 0 amide bonds. The van der Waals surface area contributed by atoms with E-state index in [4.69, 9.17) is 4.52 Å². The van der Waals surface area contributed by atoms with Crippen LogP contribution in [0, 0.1) is 0 Å². The third-order valence-electron chi connectivity index (χ3n) is 3.54. The molecule has 0 aromatic heterocycles. The summed E-state index contributed by atoms with van der Waals surface area (Å²) >= 11 is 0.